The van der Waals surface area contributed by atoms with E-state index in [1.54, 1.807) is 0 Å². The van der Waals surface area contributed by atoms with E-state index in [9.17, 15) is 9.90 Å². The quantitative estimate of drug-likeness (QED) is 0.0336. The van der Waals surface area contributed by atoms with E-state index in [2.05, 4.69) is 37.7 Å². The molecule has 0 saturated carbocycles. The highest BCUT2D eigenvalue weighted by atomic mass is 35.5. The largest absolute Gasteiger partial charge is 0.505 e. The summed E-state index contributed by atoms with van der Waals surface area (Å²) >= 11 is 12.1. The third-order valence-corrected chi connectivity index (χ3v) is 8.85. The summed E-state index contributed by atoms with van der Waals surface area (Å²) in [6.45, 7) is 8.86. The topological polar surface area (TPSA) is 138 Å². The van der Waals surface area contributed by atoms with Gasteiger partial charge < -0.3 is 24.9 Å². The van der Waals surface area contributed by atoms with Crippen molar-refractivity contribution in [3.63, 3.8) is 0 Å². The van der Waals surface area contributed by atoms with Crippen molar-refractivity contribution in [2.24, 2.45) is 10.2 Å². The predicted octanol–water partition coefficient (Wildman–Crippen LogP) is 11.1. The van der Waals surface area contributed by atoms with Gasteiger partial charge in [0.1, 0.15) is 13.3 Å². The maximum atomic E-state index is 12.0. The number of aromatic amines is 1. The number of hydrogen-bond donors (Lipinski definition) is 3. The first-order valence-corrected chi connectivity index (χ1v) is 18.5. The van der Waals surface area contributed by atoms with Crippen molar-refractivity contribution in [3.05, 3.63) is 52.1 Å². The van der Waals surface area contributed by atoms with E-state index in [0.29, 0.717) is 35.1 Å². The number of phenols is 1. The Morgan fingerprint density at radius 2 is 1.50 bits per heavy atom. The molecule has 3 N–H and O–H groups in total. The van der Waals surface area contributed by atoms with Gasteiger partial charge in [0.2, 0.25) is 0 Å². The van der Waals surface area contributed by atoms with Gasteiger partial charge in [0, 0.05) is 16.7 Å². The highest BCUT2D eigenvalue weighted by molar-refractivity contribution is 6.37. The molecule has 2 heterocycles. The highest BCUT2D eigenvalue weighted by Crippen LogP contribution is 2.38. The fraction of sp³-hybridized carbons (Fsp3) is 0.541. The number of unbranched alkanes of at least 4 members (excludes halogenated alkanes) is 11. The number of nitrogens with one attached hydrogen (secondary N) is 2. The van der Waals surface area contributed by atoms with E-state index in [4.69, 9.17) is 32.7 Å². The average Bonchev–Trinajstić information content (AvgIpc) is 3.66. The zero-order valence-corrected chi connectivity index (χ0v) is 31.2. The number of anilines is 1. The number of H-pyrrole nitrogens is 1. The second-order valence-corrected chi connectivity index (χ2v) is 14.4. The van der Waals surface area contributed by atoms with Crippen molar-refractivity contribution in [3.8, 4) is 17.1 Å². The Balaban J connectivity index is 1.19. The molecule has 11 nitrogen and oxygen atoms in total. The molecular weight excluding hydrogens is 677 g/mol. The molecule has 0 unspecified atom stereocenters. The molecule has 0 spiro atoms. The molecule has 0 radical (unpaired) electrons. The van der Waals surface area contributed by atoms with Gasteiger partial charge >= 0.3 is 5.97 Å². The van der Waals surface area contributed by atoms with Crippen LogP contribution in [0.2, 0.25) is 10.0 Å². The van der Waals surface area contributed by atoms with E-state index >= 15 is 0 Å². The summed E-state index contributed by atoms with van der Waals surface area (Å²) in [5.74, 6) is 0.0405. The Kier molecular flexibility index (Phi) is 15.4. The Bertz CT molecular complexity index is 1660. The molecule has 4 rings (SSSR count). The number of halogens is 2. The molecule has 0 bridgehead atoms. The van der Waals surface area contributed by atoms with Crippen LogP contribution in [0.25, 0.3) is 17.0 Å². The number of hydrogen-bond acceptors (Lipinski definition) is 9. The fourth-order valence-electron chi connectivity index (χ4n) is 5.45. The monoisotopic (exact) mass is 727 g/mol. The van der Waals surface area contributed by atoms with Crippen molar-refractivity contribution in [1.82, 2.24) is 19.8 Å². The van der Waals surface area contributed by atoms with Crippen LogP contribution in [0, 0.1) is 0 Å². The van der Waals surface area contributed by atoms with Gasteiger partial charge in [-0.3, -0.25) is 0 Å². The minimum absolute atomic E-state index is 0.0821. The summed E-state index contributed by atoms with van der Waals surface area (Å²) in [5, 5.41) is 31.3. The molecule has 50 heavy (non-hydrogen) atoms. The number of azo groups is 1. The van der Waals surface area contributed by atoms with E-state index < -0.39 is 0 Å². The molecule has 0 aliphatic carbocycles. The van der Waals surface area contributed by atoms with Gasteiger partial charge in [-0.25, -0.2) is 4.79 Å². The lowest BCUT2D eigenvalue weighted by atomic mass is 9.91. The number of fused-ring (bicyclic) bond motifs is 1. The van der Waals surface area contributed by atoms with Crippen LogP contribution >= 0.6 is 23.2 Å². The summed E-state index contributed by atoms with van der Waals surface area (Å²) < 4.78 is 12.3. The maximum Gasteiger partial charge on any atom is 0.332 e. The van der Waals surface area contributed by atoms with Gasteiger partial charge in [0.25, 0.3) is 0 Å². The first kappa shape index (κ1) is 39.1. The molecule has 4 aromatic rings. The Hall–Kier alpha value is -3.67. The molecule has 13 heteroatoms. The van der Waals surface area contributed by atoms with Crippen LogP contribution in [-0.4, -0.2) is 50.8 Å². The molecule has 0 saturated heterocycles. The predicted molar refractivity (Wildman–Crippen MR) is 200 cm³/mol. The van der Waals surface area contributed by atoms with Crippen molar-refractivity contribution in [2.45, 2.75) is 110 Å². The van der Waals surface area contributed by atoms with Gasteiger partial charge in [-0.2, -0.15) is 10.2 Å². The number of rotatable bonds is 21. The van der Waals surface area contributed by atoms with Crippen LogP contribution < -0.4 is 5.32 Å². The lowest BCUT2D eigenvalue weighted by Crippen LogP contribution is -2.16. The minimum atomic E-state index is -0.350. The first-order valence-electron chi connectivity index (χ1n) is 17.7. The van der Waals surface area contributed by atoms with Crippen LogP contribution in [0.5, 0.6) is 5.75 Å². The SMILES string of the molecule is CCCCCCCCCCCCCCOC(=O)COCNc1ccc(-c2nn3nc(C(C)(C)C)c(N=Nc4cc(Cl)c(O)c(Cl)c4)c3[nH]2)cc1. The number of nitrogens with zero attached hydrogens (tertiary/aromatic N) is 5. The van der Waals surface area contributed by atoms with Crippen LogP contribution in [0.1, 0.15) is 110 Å². The zero-order valence-electron chi connectivity index (χ0n) is 29.7. The summed E-state index contributed by atoms with van der Waals surface area (Å²) in [4.78, 5) is 15.4. The summed E-state index contributed by atoms with van der Waals surface area (Å²) in [6.07, 6.45) is 15.2. The number of carbonyl (C=O) groups excluding carboxylic acids is 1. The van der Waals surface area contributed by atoms with Crippen molar-refractivity contribution < 1.29 is 19.4 Å². The normalized spacial score (nSPS) is 12.0. The van der Waals surface area contributed by atoms with Crippen molar-refractivity contribution in [1.29, 1.82) is 0 Å². The lowest BCUT2D eigenvalue weighted by Gasteiger charge is -2.15. The second kappa shape index (κ2) is 19.7. The zero-order chi connectivity index (χ0) is 35.9. The molecular formula is C37H51Cl2N7O4. The number of phenolic OH excluding ortho intramolecular Hbond substituents is 1. The van der Waals surface area contributed by atoms with Gasteiger partial charge in [0.15, 0.2) is 22.9 Å². The lowest BCUT2D eigenvalue weighted by molar-refractivity contribution is -0.148. The van der Waals surface area contributed by atoms with Gasteiger partial charge in [-0.15, -0.1) is 14.8 Å². The Morgan fingerprint density at radius 1 is 0.900 bits per heavy atom. The minimum Gasteiger partial charge on any atom is -0.505 e. The molecule has 2 aromatic carbocycles. The molecule has 0 aliphatic heterocycles. The Morgan fingerprint density at radius 3 is 2.10 bits per heavy atom. The molecule has 0 aliphatic rings. The third-order valence-electron chi connectivity index (χ3n) is 8.27. The van der Waals surface area contributed by atoms with Gasteiger partial charge in [-0.05, 0) is 42.8 Å². The standard InChI is InChI=1S/C37H51Cl2N7O4/c1-5-6-7-8-9-10-11-12-13-14-15-16-21-50-31(47)24-49-25-40-27-19-17-26(18-20-27)35-41-36-32(34(37(2,3)4)44-46(36)45-35)43-42-28-22-29(38)33(48)30(39)23-28/h17-20,22-23,40,48H,5-16,21,24-25H2,1-4H3,(H,41,45). The molecule has 272 valence electrons. The van der Waals surface area contributed by atoms with Crippen LogP contribution in [0.15, 0.2) is 46.6 Å². The molecule has 0 atom stereocenters. The smallest absolute Gasteiger partial charge is 0.332 e. The van der Waals surface area contributed by atoms with Crippen molar-refractivity contribution >= 4 is 51.9 Å². The summed E-state index contributed by atoms with van der Waals surface area (Å²) in [6, 6.07) is 10.6. The molecule has 0 fully saturated rings. The fourth-order valence-corrected chi connectivity index (χ4v) is 5.92. The van der Waals surface area contributed by atoms with Crippen LogP contribution in [0.3, 0.4) is 0 Å². The third kappa shape index (κ3) is 12.0. The van der Waals surface area contributed by atoms with Gasteiger partial charge in [-0.1, -0.05) is 122 Å². The van der Waals surface area contributed by atoms with Crippen LogP contribution in [0.4, 0.5) is 17.1 Å². The van der Waals surface area contributed by atoms with E-state index in [1.807, 2.05) is 45.0 Å². The maximum absolute atomic E-state index is 12.0. The van der Waals surface area contributed by atoms with Crippen molar-refractivity contribution in [2.75, 3.05) is 25.3 Å². The second-order valence-electron chi connectivity index (χ2n) is 13.6. The molecule has 2 aromatic heterocycles. The number of carbonyl (C=O) groups is 1. The molecule has 0 amide bonds. The van der Waals surface area contributed by atoms with E-state index in [1.165, 1.54) is 81.0 Å². The van der Waals surface area contributed by atoms with E-state index in [-0.39, 0.29) is 40.5 Å². The number of ether oxygens (including phenoxy) is 2. The summed E-state index contributed by atoms with van der Waals surface area (Å²) in [5.41, 5.74) is 3.51. The van der Waals surface area contributed by atoms with E-state index in [0.717, 1.165) is 24.1 Å². The highest BCUT2D eigenvalue weighted by Gasteiger charge is 2.27. The first-order chi connectivity index (χ1) is 24.1. The number of aromatic hydroxyl groups is 1. The number of benzene rings is 2. The Labute approximate surface area is 305 Å². The average molecular weight is 729 g/mol. The van der Waals surface area contributed by atoms with Crippen LogP contribution in [-0.2, 0) is 19.7 Å². The number of esters is 1. The summed E-state index contributed by atoms with van der Waals surface area (Å²) in [7, 11) is 0. The van der Waals surface area contributed by atoms with Gasteiger partial charge in [0.05, 0.1) is 28.0 Å². The number of aromatic nitrogens is 4.